The number of nitrogens with two attached hydrogens (primary N) is 1. The molecule has 0 spiro atoms. The summed E-state index contributed by atoms with van der Waals surface area (Å²) in [7, 11) is 0. The first-order valence-corrected chi connectivity index (χ1v) is 5.73. The molecule has 0 atom stereocenters. The summed E-state index contributed by atoms with van der Waals surface area (Å²) in [4.78, 5) is 0. The summed E-state index contributed by atoms with van der Waals surface area (Å²) in [6.45, 7) is 2.85. The third kappa shape index (κ3) is 2.36. The Morgan fingerprint density at radius 1 is 1.50 bits per heavy atom. The number of rotatable bonds is 3. The Bertz CT molecular complexity index is 496. The molecule has 0 unspecified atom stereocenters. The fourth-order valence-electron chi connectivity index (χ4n) is 1.30. The maximum atomic E-state index is 5.66. The lowest BCUT2D eigenvalue weighted by molar-refractivity contribution is 0.478. The van der Waals surface area contributed by atoms with Crippen LogP contribution in [0.3, 0.4) is 0 Å². The minimum absolute atomic E-state index is 0.698. The van der Waals surface area contributed by atoms with E-state index < -0.39 is 0 Å². The van der Waals surface area contributed by atoms with Crippen molar-refractivity contribution in [3.8, 4) is 11.5 Å². The monoisotopic (exact) mass is 281 g/mol. The lowest BCUT2D eigenvalue weighted by Crippen LogP contribution is -1.92. The van der Waals surface area contributed by atoms with Gasteiger partial charge in [0.2, 0.25) is 0 Å². The molecule has 2 N–H and O–H groups in total. The summed E-state index contributed by atoms with van der Waals surface area (Å²) in [5.41, 5.74) is 6.34. The molecule has 0 fully saturated rings. The van der Waals surface area contributed by atoms with Gasteiger partial charge in [0.1, 0.15) is 5.75 Å². The number of aromatic nitrogens is 2. The number of anilines is 1. The van der Waals surface area contributed by atoms with Crippen LogP contribution in [0.1, 0.15) is 6.92 Å². The number of hydrogen-bond acceptors (Lipinski definition) is 3. The minimum atomic E-state index is 0.698. The van der Waals surface area contributed by atoms with Gasteiger partial charge in [-0.25, -0.2) is 0 Å². The molecule has 16 heavy (non-hydrogen) atoms. The second-order valence-corrected chi connectivity index (χ2v) is 4.18. The maximum Gasteiger partial charge on any atom is 0.165 e. The van der Waals surface area contributed by atoms with Gasteiger partial charge in [-0.3, -0.25) is 4.68 Å². The average molecular weight is 282 g/mol. The van der Waals surface area contributed by atoms with Crippen LogP contribution in [0.2, 0.25) is 0 Å². The first kappa shape index (κ1) is 11.0. The van der Waals surface area contributed by atoms with Crippen molar-refractivity contribution in [1.82, 2.24) is 9.78 Å². The molecular weight excluding hydrogens is 270 g/mol. The Hall–Kier alpha value is -1.49. The number of aryl methyl sites for hydroxylation is 1. The maximum absolute atomic E-state index is 5.66. The van der Waals surface area contributed by atoms with Crippen LogP contribution < -0.4 is 10.5 Å². The Kier molecular flexibility index (Phi) is 3.14. The Morgan fingerprint density at radius 3 is 2.94 bits per heavy atom. The summed E-state index contributed by atoms with van der Waals surface area (Å²) in [5.74, 6) is 1.44. The molecule has 0 saturated carbocycles. The fraction of sp³-hybridized carbons (Fsp3) is 0.182. The van der Waals surface area contributed by atoms with Crippen molar-refractivity contribution in [3.05, 3.63) is 35.1 Å². The molecular formula is C11H12BrN3O. The van der Waals surface area contributed by atoms with Gasteiger partial charge >= 0.3 is 0 Å². The molecule has 0 aliphatic rings. The van der Waals surface area contributed by atoms with Gasteiger partial charge in [0.05, 0.1) is 16.9 Å². The van der Waals surface area contributed by atoms with Crippen LogP contribution in [-0.2, 0) is 6.54 Å². The largest absolute Gasteiger partial charge is 0.453 e. The third-order valence-electron chi connectivity index (χ3n) is 2.12. The van der Waals surface area contributed by atoms with Crippen molar-refractivity contribution in [2.45, 2.75) is 13.5 Å². The molecule has 1 heterocycles. The summed E-state index contributed by atoms with van der Waals surface area (Å²) in [6, 6.07) is 5.42. The quantitative estimate of drug-likeness (QED) is 0.880. The molecule has 2 aromatic rings. The van der Waals surface area contributed by atoms with Crippen molar-refractivity contribution >= 4 is 21.6 Å². The van der Waals surface area contributed by atoms with E-state index in [1.807, 2.05) is 19.2 Å². The molecule has 1 aromatic heterocycles. The predicted octanol–water partition coefficient (Wildman–Crippen LogP) is 3.04. The van der Waals surface area contributed by atoms with Crippen LogP contribution in [0.5, 0.6) is 11.5 Å². The van der Waals surface area contributed by atoms with E-state index in [1.54, 1.807) is 23.0 Å². The molecule has 0 bridgehead atoms. The van der Waals surface area contributed by atoms with Gasteiger partial charge in [0, 0.05) is 12.2 Å². The Labute approximate surface area is 102 Å². The normalized spacial score (nSPS) is 10.4. The van der Waals surface area contributed by atoms with Crippen LogP contribution in [0.4, 0.5) is 5.69 Å². The molecule has 0 radical (unpaired) electrons. The lowest BCUT2D eigenvalue weighted by atomic mass is 10.3. The first-order valence-electron chi connectivity index (χ1n) is 4.94. The van der Waals surface area contributed by atoms with Gasteiger partial charge in [-0.15, -0.1) is 0 Å². The zero-order valence-corrected chi connectivity index (χ0v) is 10.4. The Balaban J connectivity index is 2.20. The molecule has 84 valence electrons. The summed E-state index contributed by atoms with van der Waals surface area (Å²) in [5, 5.41) is 4.13. The standard InChI is InChI=1S/C11H12BrN3O/c1-2-15-7-9(6-14-15)16-11-4-3-8(13)5-10(11)12/h3-7H,2,13H2,1H3. The van der Waals surface area contributed by atoms with Crippen LogP contribution in [0.25, 0.3) is 0 Å². The van der Waals surface area contributed by atoms with Gasteiger partial charge in [0.25, 0.3) is 0 Å². The highest BCUT2D eigenvalue weighted by Crippen LogP contribution is 2.30. The van der Waals surface area contributed by atoms with Crippen molar-refractivity contribution < 1.29 is 4.74 Å². The summed E-state index contributed by atoms with van der Waals surface area (Å²) >= 11 is 3.40. The average Bonchev–Trinajstić information content (AvgIpc) is 2.70. The highest BCUT2D eigenvalue weighted by molar-refractivity contribution is 9.10. The van der Waals surface area contributed by atoms with E-state index in [2.05, 4.69) is 21.0 Å². The molecule has 2 rings (SSSR count). The van der Waals surface area contributed by atoms with E-state index >= 15 is 0 Å². The number of benzene rings is 1. The molecule has 4 nitrogen and oxygen atoms in total. The van der Waals surface area contributed by atoms with Crippen molar-refractivity contribution in [3.63, 3.8) is 0 Å². The van der Waals surface area contributed by atoms with E-state index in [1.165, 1.54) is 0 Å². The highest BCUT2D eigenvalue weighted by Gasteiger charge is 2.04. The topological polar surface area (TPSA) is 53.1 Å². The van der Waals surface area contributed by atoms with E-state index in [0.29, 0.717) is 11.4 Å². The molecule has 1 aromatic carbocycles. The Morgan fingerprint density at radius 2 is 2.31 bits per heavy atom. The van der Waals surface area contributed by atoms with E-state index in [0.717, 1.165) is 16.8 Å². The van der Waals surface area contributed by atoms with Gasteiger partial charge < -0.3 is 10.5 Å². The molecule has 0 saturated heterocycles. The van der Waals surface area contributed by atoms with Gasteiger partial charge in [-0.2, -0.15) is 5.10 Å². The molecule has 5 heteroatoms. The van der Waals surface area contributed by atoms with Crippen LogP contribution >= 0.6 is 15.9 Å². The number of ether oxygens (including phenoxy) is 1. The van der Waals surface area contributed by atoms with Crippen LogP contribution in [-0.4, -0.2) is 9.78 Å². The second kappa shape index (κ2) is 4.57. The van der Waals surface area contributed by atoms with Crippen molar-refractivity contribution in [2.24, 2.45) is 0 Å². The third-order valence-corrected chi connectivity index (χ3v) is 2.74. The van der Waals surface area contributed by atoms with Gasteiger partial charge in [-0.1, -0.05) is 0 Å². The SMILES string of the molecule is CCn1cc(Oc2ccc(N)cc2Br)cn1. The van der Waals surface area contributed by atoms with Gasteiger partial charge in [0.15, 0.2) is 5.75 Å². The van der Waals surface area contributed by atoms with Gasteiger partial charge in [-0.05, 0) is 41.1 Å². The number of hydrogen-bond donors (Lipinski definition) is 1. The first-order chi connectivity index (χ1) is 7.69. The lowest BCUT2D eigenvalue weighted by Gasteiger charge is -2.05. The minimum Gasteiger partial charge on any atom is -0.453 e. The second-order valence-electron chi connectivity index (χ2n) is 3.32. The fourth-order valence-corrected chi connectivity index (χ4v) is 1.77. The van der Waals surface area contributed by atoms with Crippen LogP contribution in [0.15, 0.2) is 35.1 Å². The highest BCUT2D eigenvalue weighted by atomic mass is 79.9. The predicted molar refractivity (Wildman–Crippen MR) is 66.5 cm³/mol. The number of nitrogen functional groups attached to an aromatic ring is 1. The number of nitrogens with zero attached hydrogens (tertiary/aromatic N) is 2. The molecule has 0 amide bonds. The number of halogens is 1. The van der Waals surface area contributed by atoms with Crippen molar-refractivity contribution in [1.29, 1.82) is 0 Å². The van der Waals surface area contributed by atoms with Crippen molar-refractivity contribution in [2.75, 3.05) is 5.73 Å². The zero-order chi connectivity index (χ0) is 11.5. The zero-order valence-electron chi connectivity index (χ0n) is 8.85. The summed E-state index contributed by atoms with van der Waals surface area (Å²) < 4.78 is 8.30. The molecule has 0 aliphatic heterocycles. The smallest absolute Gasteiger partial charge is 0.165 e. The molecule has 0 aliphatic carbocycles. The van der Waals surface area contributed by atoms with E-state index in [4.69, 9.17) is 10.5 Å². The summed E-state index contributed by atoms with van der Waals surface area (Å²) in [6.07, 6.45) is 3.54. The van der Waals surface area contributed by atoms with E-state index in [-0.39, 0.29) is 0 Å². The van der Waals surface area contributed by atoms with Crippen LogP contribution in [0, 0.1) is 0 Å². The van der Waals surface area contributed by atoms with E-state index in [9.17, 15) is 0 Å².